The molecule has 0 radical (unpaired) electrons. The number of hydrogen-bond acceptors (Lipinski definition) is 7. The van der Waals surface area contributed by atoms with Gasteiger partial charge in [0.15, 0.2) is 11.2 Å². The number of carbonyl (C=O) groups is 1. The number of nitrogens with two attached hydrogens (primary N) is 1. The van der Waals surface area contributed by atoms with Gasteiger partial charge in [-0.05, 0) is 31.2 Å². The van der Waals surface area contributed by atoms with Crippen LogP contribution in [0.25, 0.3) is 16.9 Å². The molecule has 3 rings (SSSR count). The van der Waals surface area contributed by atoms with Crippen molar-refractivity contribution in [3.8, 4) is 11.4 Å². The van der Waals surface area contributed by atoms with Crippen LogP contribution in [-0.4, -0.2) is 44.0 Å². The maximum atomic E-state index is 11.0. The zero-order valence-corrected chi connectivity index (χ0v) is 13.3. The van der Waals surface area contributed by atoms with E-state index in [0.717, 1.165) is 11.4 Å². The molecule has 9 heteroatoms. The van der Waals surface area contributed by atoms with Crippen LogP contribution in [0.2, 0.25) is 0 Å². The summed E-state index contributed by atoms with van der Waals surface area (Å²) in [4.78, 5) is 19.6. The predicted molar refractivity (Wildman–Crippen MR) is 87.9 cm³/mol. The van der Waals surface area contributed by atoms with Gasteiger partial charge in [-0.15, -0.1) is 5.10 Å². The van der Waals surface area contributed by atoms with Crippen molar-refractivity contribution >= 4 is 23.0 Å². The second kappa shape index (κ2) is 6.49. The minimum atomic E-state index is -0.388. The number of primary amides is 1. The van der Waals surface area contributed by atoms with Gasteiger partial charge in [-0.25, -0.2) is 4.98 Å². The summed E-state index contributed by atoms with van der Waals surface area (Å²) in [6.07, 6.45) is 1.77. The summed E-state index contributed by atoms with van der Waals surface area (Å²) in [5.74, 6) is 0.745. The lowest BCUT2D eigenvalue weighted by Crippen LogP contribution is -2.24. The molecule has 0 aliphatic rings. The van der Waals surface area contributed by atoms with Crippen molar-refractivity contribution in [1.29, 1.82) is 0 Å². The fraction of sp³-hybridized carbons (Fsp3) is 0.267. The highest BCUT2D eigenvalue weighted by molar-refractivity contribution is 5.75. The number of nitrogens with zero attached hydrogens (tertiary/aromatic N) is 5. The van der Waals surface area contributed by atoms with Gasteiger partial charge in [0, 0.05) is 12.5 Å². The van der Waals surface area contributed by atoms with Crippen molar-refractivity contribution in [2.24, 2.45) is 5.73 Å². The number of nitrogens with one attached hydrogen (secondary N) is 1. The third-order valence-corrected chi connectivity index (χ3v) is 3.39. The Bertz CT molecular complexity index is 860. The monoisotopic (exact) mass is 327 g/mol. The number of methoxy groups -OCH3 is 1. The average Bonchev–Trinajstić information content (AvgIpc) is 2.97. The fourth-order valence-corrected chi connectivity index (χ4v) is 2.27. The van der Waals surface area contributed by atoms with Crippen LogP contribution in [0.15, 0.2) is 30.5 Å². The van der Waals surface area contributed by atoms with E-state index in [1.165, 1.54) is 0 Å². The van der Waals surface area contributed by atoms with Crippen LogP contribution in [0.1, 0.15) is 13.3 Å². The number of hydrogen-bond donors (Lipinski definition) is 2. The summed E-state index contributed by atoms with van der Waals surface area (Å²) in [5.41, 5.74) is 7.12. The number of anilines is 1. The minimum absolute atomic E-state index is 0.176. The molecule has 0 saturated heterocycles. The third-order valence-electron chi connectivity index (χ3n) is 3.39. The molecule has 1 unspecified atom stereocenters. The van der Waals surface area contributed by atoms with Crippen molar-refractivity contribution in [1.82, 2.24) is 25.0 Å². The van der Waals surface area contributed by atoms with Crippen LogP contribution in [0.5, 0.6) is 5.75 Å². The molecule has 0 spiro atoms. The molecule has 0 bridgehead atoms. The van der Waals surface area contributed by atoms with Crippen molar-refractivity contribution in [2.75, 3.05) is 12.4 Å². The van der Waals surface area contributed by atoms with Gasteiger partial charge in [0.05, 0.1) is 19.0 Å². The average molecular weight is 327 g/mol. The number of carbonyl (C=O) groups excluding carboxylic acids is 1. The Labute approximate surface area is 137 Å². The Kier molecular flexibility index (Phi) is 4.23. The van der Waals surface area contributed by atoms with Gasteiger partial charge < -0.3 is 15.8 Å². The van der Waals surface area contributed by atoms with E-state index >= 15 is 0 Å². The molecular formula is C15H17N7O2. The lowest BCUT2D eigenvalue weighted by molar-refractivity contribution is -0.118. The highest BCUT2D eigenvalue weighted by atomic mass is 16.5. The lowest BCUT2D eigenvalue weighted by Gasteiger charge is -2.11. The summed E-state index contributed by atoms with van der Waals surface area (Å²) in [6.45, 7) is 1.83. The van der Waals surface area contributed by atoms with Gasteiger partial charge in [-0.3, -0.25) is 4.79 Å². The molecule has 9 nitrogen and oxygen atoms in total. The van der Waals surface area contributed by atoms with Crippen LogP contribution >= 0.6 is 0 Å². The highest BCUT2D eigenvalue weighted by Gasteiger charge is 2.12. The number of aromatic nitrogens is 5. The number of fused-ring (bicyclic) bond motifs is 1. The van der Waals surface area contributed by atoms with E-state index in [2.05, 4.69) is 25.6 Å². The topological polar surface area (TPSA) is 121 Å². The molecule has 24 heavy (non-hydrogen) atoms. The number of amides is 1. The van der Waals surface area contributed by atoms with Crippen molar-refractivity contribution in [2.45, 2.75) is 19.4 Å². The van der Waals surface area contributed by atoms with E-state index in [1.54, 1.807) is 18.0 Å². The molecule has 0 aliphatic heterocycles. The first kappa shape index (κ1) is 15.7. The van der Waals surface area contributed by atoms with Crippen molar-refractivity contribution in [3.63, 3.8) is 0 Å². The molecule has 2 aromatic heterocycles. The van der Waals surface area contributed by atoms with Crippen LogP contribution in [-0.2, 0) is 4.79 Å². The minimum Gasteiger partial charge on any atom is -0.497 e. The molecule has 0 saturated carbocycles. The Morgan fingerprint density at radius 3 is 2.79 bits per heavy atom. The largest absolute Gasteiger partial charge is 0.497 e. The van der Waals surface area contributed by atoms with Gasteiger partial charge in [0.25, 0.3) is 0 Å². The Hall–Kier alpha value is -3.23. The quantitative estimate of drug-likeness (QED) is 0.689. The van der Waals surface area contributed by atoms with E-state index in [-0.39, 0.29) is 18.4 Å². The summed E-state index contributed by atoms with van der Waals surface area (Å²) < 4.78 is 6.76. The smallest absolute Gasteiger partial charge is 0.225 e. The molecule has 1 atom stereocenters. The van der Waals surface area contributed by atoms with Crippen LogP contribution in [0, 0.1) is 0 Å². The summed E-state index contributed by atoms with van der Waals surface area (Å²) in [6, 6.07) is 7.21. The maximum Gasteiger partial charge on any atom is 0.225 e. The predicted octanol–water partition coefficient (Wildman–Crippen LogP) is 0.895. The van der Waals surface area contributed by atoms with Gasteiger partial charge >= 0.3 is 0 Å². The molecular weight excluding hydrogens is 310 g/mol. The lowest BCUT2D eigenvalue weighted by atomic mass is 10.2. The molecule has 3 aromatic rings. The molecule has 0 aliphatic carbocycles. The second-order valence-electron chi connectivity index (χ2n) is 5.32. The second-order valence-corrected chi connectivity index (χ2v) is 5.32. The Balaban J connectivity index is 1.92. The van der Waals surface area contributed by atoms with Crippen LogP contribution in [0.4, 0.5) is 5.95 Å². The Morgan fingerprint density at radius 1 is 1.38 bits per heavy atom. The van der Waals surface area contributed by atoms with E-state index in [9.17, 15) is 4.79 Å². The molecule has 1 aromatic carbocycles. The number of benzene rings is 1. The fourth-order valence-electron chi connectivity index (χ4n) is 2.27. The maximum absolute atomic E-state index is 11.0. The van der Waals surface area contributed by atoms with E-state index in [4.69, 9.17) is 10.5 Å². The van der Waals surface area contributed by atoms with E-state index < -0.39 is 0 Å². The molecule has 2 heterocycles. The zero-order chi connectivity index (χ0) is 17.1. The van der Waals surface area contributed by atoms with Crippen molar-refractivity contribution in [3.05, 3.63) is 30.5 Å². The first-order valence-corrected chi connectivity index (χ1v) is 7.34. The van der Waals surface area contributed by atoms with Gasteiger partial charge in [0.2, 0.25) is 11.9 Å². The highest BCUT2D eigenvalue weighted by Crippen LogP contribution is 2.18. The standard InChI is InChI=1S/C15H17N7O2/c1-9(7-13(16)23)18-15-17-8-12-14(19-15)22(21-20-12)10-3-5-11(24-2)6-4-10/h3-6,8-9H,7H2,1-2H3,(H2,16,23)(H,17,18,19). The van der Waals surface area contributed by atoms with E-state index in [1.807, 2.05) is 31.2 Å². The van der Waals surface area contributed by atoms with Crippen LogP contribution in [0.3, 0.4) is 0 Å². The number of ether oxygens (including phenoxy) is 1. The zero-order valence-electron chi connectivity index (χ0n) is 13.3. The summed E-state index contributed by atoms with van der Waals surface area (Å²) in [7, 11) is 1.61. The Morgan fingerprint density at radius 2 is 2.12 bits per heavy atom. The van der Waals surface area contributed by atoms with Gasteiger partial charge in [-0.2, -0.15) is 9.67 Å². The summed E-state index contributed by atoms with van der Waals surface area (Å²) in [5, 5.41) is 11.2. The normalized spacial score (nSPS) is 12.1. The summed E-state index contributed by atoms with van der Waals surface area (Å²) >= 11 is 0. The molecule has 1 amide bonds. The van der Waals surface area contributed by atoms with Gasteiger partial charge in [0.1, 0.15) is 5.75 Å². The first-order chi connectivity index (χ1) is 11.6. The molecule has 0 fully saturated rings. The SMILES string of the molecule is COc1ccc(-n2nnc3cnc(NC(C)CC(N)=O)nc32)cc1. The number of rotatable bonds is 6. The third kappa shape index (κ3) is 3.24. The van der Waals surface area contributed by atoms with Crippen molar-refractivity contribution < 1.29 is 9.53 Å². The van der Waals surface area contributed by atoms with Gasteiger partial charge in [-0.1, -0.05) is 5.21 Å². The first-order valence-electron chi connectivity index (χ1n) is 7.34. The molecule has 3 N–H and O–H groups in total. The van der Waals surface area contributed by atoms with E-state index in [0.29, 0.717) is 17.1 Å². The van der Waals surface area contributed by atoms with Crippen LogP contribution < -0.4 is 15.8 Å². The molecule has 124 valence electrons.